The van der Waals surface area contributed by atoms with Crippen molar-refractivity contribution in [3.8, 4) is 5.75 Å². The molecule has 0 aliphatic rings. The maximum absolute atomic E-state index is 11.2. The van der Waals surface area contributed by atoms with E-state index in [1.54, 1.807) is 30.3 Å². The first-order chi connectivity index (χ1) is 8.11. The third-order valence-corrected chi connectivity index (χ3v) is 2.41. The molecule has 0 heterocycles. The summed E-state index contributed by atoms with van der Waals surface area (Å²) in [5.74, 6) is -0.0927. The molecule has 0 spiro atoms. The molecular formula is C13H12N2O2. The van der Waals surface area contributed by atoms with Crippen LogP contribution in [0.25, 0.3) is 10.8 Å². The van der Waals surface area contributed by atoms with E-state index < -0.39 is 5.97 Å². The summed E-state index contributed by atoms with van der Waals surface area (Å²) in [6.07, 6.45) is 1.11. The van der Waals surface area contributed by atoms with Crippen LogP contribution in [0, 0.1) is 0 Å². The molecule has 0 amide bonds. The zero-order valence-corrected chi connectivity index (χ0v) is 9.14. The number of ether oxygens (including phenoxy) is 1. The SMILES string of the molecule is C=CC(=O)Oc1ccc(N)c2ccc(N)cc12. The van der Waals surface area contributed by atoms with Crippen LogP contribution in [0.15, 0.2) is 43.0 Å². The van der Waals surface area contributed by atoms with E-state index in [1.807, 2.05) is 0 Å². The third-order valence-electron chi connectivity index (χ3n) is 2.41. The van der Waals surface area contributed by atoms with E-state index in [2.05, 4.69) is 6.58 Å². The standard InChI is InChI=1S/C13H12N2O2/c1-2-13(16)17-12-6-5-11(15)9-4-3-8(14)7-10(9)12/h2-7H,1,14-15H2. The molecule has 0 saturated heterocycles. The number of rotatable bonds is 2. The molecule has 0 fully saturated rings. The van der Waals surface area contributed by atoms with E-state index in [4.69, 9.17) is 16.2 Å². The topological polar surface area (TPSA) is 78.3 Å². The smallest absolute Gasteiger partial charge is 0.335 e. The lowest BCUT2D eigenvalue weighted by molar-refractivity contribution is -0.128. The highest BCUT2D eigenvalue weighted by atomic mass is 16.5. The number of hydrogen-bond acceptors (Lipinski definition) is 4. The minimum Gasteiger partial charge on any atom is -0.423 e. The number of esters is 1. The van der Waals surface area contributed by atoms with Gasteiger partial charge >= 0.3 is 5.97 Å². The van der Waals surface area contributed by atoms with Crippen LogP contribution < -0.4 is 16.2 Å². The molecule has 2 aromatic carbocycles. The average molecular weight is 228 g/mol. The number of hydrogen-bond donors (Lipinski definition) is 2. The Morgan fingerprint density at radius 1 is 1.18 bits per heavy atom. The van der Waals surface area contributed by atoms with E-state index in [0.717, 1.165) is 11.5 Å². The lowest BCUT2D eigenvalue weighted by Gasteiger charge is -2.08. The van der Waals surface area contributed by atoms with Gasteiger partial charge in [-0.3, -0.25) is 0 Å². The van der Waals surface area contributed by atoms with Crippen LogP contribution in [0.2, 0.25) is 0 Å². The highest BCUT2D eigenvalue weighted by Gasteiger charge is 2.08. The summed E-state index contributed by atoms with van der Waals surface area (Å²) < 4.78 is 5.12. The molecule has 4 N–H and O–H groups in total. The minimum absolute atomic E-state index is 0.423. The Balaban J connectivity index is 2.63. The third kappa shape index (κ3) is 2.06. The molecule has 0 saturated carbocycles. The normalized spacial score (nSPS) is 10.1. The highest BCUT2D eigenvalue weighted by molar-refractivity contribution is 6.00. The zero-order valence-electron chi connectivity index (χ0n) is 9.14. The van der Waals surface area contributed by atoms with Gasteiger partial charge in [-0.2, -0.15) is 0 Å². The van der Waals surface area contributed by atoms with Crippen LogP contribution >= 0.6 is 0 Å². The molecule has 4 heteroatoms. The van der Waals surface area contributed by atoms with Gasteiger partial charge < -0.3 is 16.2 Å². The Morgan fingerprint density at radius 3 is 2.65 bits per heavy atom. The second-order valence-electron chi connectivity index (χ2n) is 3.58. The van der Waals surface area contributed by atoms with Crippen LogP contribution in [0.4, 0.5) is 11.4 Å². The number of benzene rings is 2. The quantitative estimate of drug-likeness (QED) is 0.357. The number of carbonyl (C=O) groups is 1. The molecule has 0 bridgehead atoms. The lowest BCUT2D eigenvalue weighted by atomic mass is 10.1. The second kappa shape index (κ2) is 4.17. The Kier molecular flexibility index (Phi) is 2.70. The summed E-state index contributed by atoms with van der Waals surface area (Å²) in [6, 6.07) is 8.59. The van der Waals surface area contributed by atoms with Crippen LogP contribution in [0.5, 0.6) is 5.75 Å². The molecule has 86 valence electrons. The predicted molar refractivity (Wildman–Crippen MR) is 68.6 cm³/mol. The van der Waals surface area contributed by atoms with Gasteiger partial charge in [-0.15, -0.1) is 0 Å². The van der Waals surface area contributed by atoms with Crippen LogP contribution in [0.1, 0.15) is 0 Å². The first kappa shape index (κ1) is 11.0. The van der Waals surface area contributed by atoms with Crippen LogP contribution in [-0.4, -0.2) is 5.97 Å². The molecule has 0 unspecified atom stereocenters. The Hall–Kier alpha value is -2.49. The molecule has 0 atom stereocenters. The van der Waals surface area contributed by atoms with Gasteiger partial charge in [-0.25, -0.2) is 4.79 Å². The van der Waals surface area contributed by atoms with Gasteiger partial charge in [0.1, 0.15) is 5.75 Å². The maximum atomic E-state index is 11.2. The molecule has 0 aliphatic heterocycles. The number of anilines is 2. The fourth-order valence-corrected chi connectivity index (χ4v) is 1.60. The van der Waals surface area contributed by atoms with E-state index in [9.17, 15) is 4.79 Å². The van der Waals surface area contributed by atoms with Crippen molar-refractivity contribution in [2.24, 2.45) is 0 Å². The monoisotopic (exact) mass is 228 g/mol. The molecule has 2 rings (SSSR count). The van der Waals surface area contributed by atoms with Gasteiger partial charge in [0.15, 0.2) is 0 Å². The molecule has 0 aliphatic carbocycles. The summed E-state index contributed by atoms with van der Waals surface area (Å²) in [5, 5.41) is 1.51. The van der Waals surface area contributed by atoms with E-state index in [1.165, 1.54) is 0 Å². The van der Waals surface area contributed by atoms with Crippen molar-refractivity contribution in [1.29, 1.82) is 0 Å². The van der Waals surface area contributed by atoms with Crippen molar-refractivity contribution in [1.82, 2.24) is 0 Å². The van der Waals surface area contributed by atoms with Crippen molar-refractivity contribution < 1.29 is 9.53 Å². The maximum Gasteiger partial charge on any atom is 0.335 e. The van der Waals surface area contributed by atoms with Crippen molar-refractivity contribution in [2.45, 2.75) is 0 Å². The highest BCUT2D eigenvalue weighted by Crippen LogP contribution is 2.31. The summed E-state index contributed by atoms with van der Waals surface area (Å²) in [5.41, 5.74) is 12.7. The predicted octanol–water partition coefficient (Wildman–Crippen LogP) is 2.10. The van der Waals surface area contributed by atoms with Gasteiger partial charge in [0.05, 0.1) is 0 Å². The number of nitrogen functional groups attached to an aromatic ring is 2. The second-order valence-corrected chi connectivity index (χ2v) is 3.58. The molecule has 2 aromatic rings. The molecule has 0 aromatic heterocycles. The van der Waals surface area contributed by atoms with Crippen molar-refractivity contribution in [3.63, 3.8) is 0 Å². The van der Waals surface area contributed by atoms with E-state index in [-0.39, 0.29) is 0 Å². The first-order valence-electron chi connectivity index (χ1n) is 5.04. The summed E-state index contributed by atoms with van der Waals surface area (Å²) in [4.78, 5) is 11.2. The van der Waals surface area contributed by atoms with E-state index >= 15 is 0 Å². The Morgan fingerprint density at radius 2 is 1.94 bits per heavy atom. The van der Waals surface area contributed by atoms with Gasteiger partial charge in [0, 0.05) is 28.2 Å². The fraction of sp³-hybridized carbons (Fsp3) is 0. The van der Waals surface area contributed by atoms with Crippen molar-refractivity contribution >= 4 is 28.1 Å². The molecule has 4 nitrogen and oxygen atoms in total. The number of fused-ring (bicyclic) bond motifs is 1. The average Bonchev–Trinajstić information content (AvgIpc) is 2.32. The zero-order chi connectivity index (χ0) is 12.4. The van der Waals surface area contributed by atoms with Gasteiger partial charge in [-0.1, -0.05) is 12.6 Å². The fourth-order valence-electron chi connectivity index (χ4n) is 1.60. The van der Waals surface area contributed by atoms with Gasteiger partial charge in [0.2, 0.25) is 0 Å². The lowest BCUT2D eigenvalue weighted by Crippen LogP contribution is -2.04. The Labute approximate surface area is 98.5 Å². The van der Waals surface area contributed by atoms with Gasteiger partial charge in [-0.05, 0) is 24.3 Å². The number of nitrogens with two attached hydrogens (primary N) is 2. The van der Waals surface area contributed by atoms with Crippen molar-refractivity contribution in [3.05, 3.63) is 43.0 Å². The summed E-state index contributed by atoms with van der Waals surface area (Å²) >= 11 is 0. The first-order valence-corrected chi connectivity index (χ1v) is 5.04. The largest absolute Gasteiger partial charge is 0.423 e. The van der Waals surface area contributed by atoms with Gasteiger partial charge in [0.25, 0.3) is 0 Å². The van der Waals surface area contributed by atoms with E-state index in [0.29, 0.717) is 22.5 Å². The van der Waals surface area contributed by atoms with Crippen LogP contribution in [0.3, 0.4) is 0 Å². The summed E-state index contributed by atoms with van der Waals surface area (Å²) in [6.45, 7) is 3.35. The molecule has 0 radical (unpaired) electrons. The Bertz CT molecular complexity index is 606. The summed E-state index contributed by atoms with van der Waals surface area (Å²) in [7, 11) is 0. The van der Waals surface area contributed by atoms with Crippen molar-refractivity contribution in [2.75, 3.05) is 11.5 Å². The molecular weight excluding hydrogens is 216 g/mol. The molecule has 17 heavy (non-hydrogen) atoms. The minimum atomic E-state index is -0.515. The number of carbonyl (C=O) groups excluding carboxylic acids is 1. The van der Waals surface area contributed by atoms with Crippen LogP contribution in [-0.2, 0) is 4.79 Å².